The van der Waals surface area contributed by atoms with Crippen molar-refractivity contribution in [3.63, 3.8) is 0 Å². The van der Waals surface area contributed by atoms with Crippen molar-refractivity contribution < 1.29 is 4.42 Å². The minimum absolute atomic E-state index is 0.579. The number of benzene rings is 3. The Morgan fingerprint density at radius 3 is 2.43 bits per heavy atom. The SMILES string of the molecule is Cc1ccc(-c2nc3cc(-c4ccccc4)cc(Br)c3o2)cc1-n1cnnc1. The summed E-state index contributed by atoms with van der Waals surface area (Å²) in [7, 11) is 0. The van der Waals surface area contributed by atoms with E-state index in [1.54, 1.807) is 12.7 Å². The van der Waals surface area contributed by atoms with E-state index in [0.29, 0.717) is 5.89 Å². The highest BCUT2D eigenvalue weighted by Gasteiger charge is 2.14. The molecule has 0 radical (unpaired) electrons. The van der Waals surface area contributed by atoms with Crippen molar-refractivity contribution in [3.05, 3.63) is 83.4 Å². The first-order chi connectivity index (χ1) is 13.7. The molecule has 2 aromatic heterocycles. The molecule has 5 aromatic rings. The Labute approximate surface area is 169 Å². The molecule has 6 heteroatoms. The van der Waals surface area contributed by atoms with Crippen LogP contribution in [0, 0.1) is 6.92 Å². The maximum atomic E-state index is 6.09. The largest absolute Gasteiger partial charge is 0.435 e. The lowest BCUT2D eigenvalue weighted by atomic mass is 10.1. The lowest BCUT2D eigenvalue weighted by Crippen LogP contribution is -1.94. The lowest BCUT2D eigenvalue weighted by Gasteiger charge is -2.07. The predicted molar refractivity (Wildman–Crippen MR) is 112 cm³/mol. The van der Waals surface area contributed by atoms with E-state index in [1.807, 2.05) is 47.9 Å². The molecule has 0 aliphatic rings. The minimum Gasteiger partial charge on any atom is -0.435 e. The molecule has 5 rings (SSSR count). The number of hydrogen-bond acceptors (Lipinski definition) is 4. The molecule has 0 unspecified atom stereocenters. The summed E-state index contributed by atoms with van der Waals surface area (Å²) in [5.41, 5.74) is 6.80. The molecule has 0 atom stereocenters. The van der Waals surface area contributed by atoms with Crippen LogP contribution in [0.4, 0.5) is 0 Å². The standard InChI is InChI=1S/C22H15BrN4O/c1-14-7-8-16(11-20(14)27-12-24-25-13-27)22-26-19-10-17(9-18(23)21(19)28-22)15-5-3-2-4-6-15/h2-13H,1H3. The first kappa shape index (κ1) is 16.9. The Kier molecular flexibility index (Phi) is 4.06. The molecule has 28 heavy (non-hydrogen) atoms. The highest BCUT2D eigenvalue weighted by atomic mass is 79.9. The molecule has 0 saturated heterocycles. The molecular formula is C22H15BrN4O. The third-order valence-electron chi connectivity index (χ3n) is 4.70. The summed E-state index contributed by atoms with van der Waals surface area (Å²) < 4.78 is 8.85. The summed E-state index contributed by atoms with van der Waals surface area (Å²) in [6.07, 6.45) is 3.36. The molecule has 2 heterocycles. The van der Waals surface area contributed by atoms with E-state index in [-0.39, 0.29) is 0 Å². The molecule has 3 aromatic carbocycles. The molecule has 0 amide bonds. The van der Waals surface area contributed by atoms with Gasteiger partial charge in [0.05, 0.1) is 10.2 Å². The fourth-order valence-corrected chi connectivity index (χ4v) is 3.79. The molecule has 0 N–H and O–H groups in total. The van der Waals surface area contributed by atoms with Crippen LogP contribution in [0.5, 0.6) is 0 Å². The number of nitrogens with zero attached hydrogens (tertiary/aromatic N) is 4. The van der Waals surface area contributed by atoms with Crippen LogP contribution >= 0.6 is 15.9 Å². The number of fused-ring (bicyclic) bond motifs is 1. The van der Waals surface area contributed by atoms with Crippen molar-refractivity contribution in [3.8, 4) is 28.3 Å². The fourth-order valence-electron chi connectivity index (χ4n) is 3.26. The van der Waals surface area contributed by atoms with Crippen LogP contribution < -0.4 is 0 Å². The zero-order valence-electron chi connectivity index (χ0n) is 15.0. The van der Waals surface area contributed by atoms with Crippen LogP contribution in [-0.2, 0) is 0 Å². The van der Waals surface area contributed by atoms with Crippen LogP contribution in [0.25, 0.3) is 39.4 Å². The normalized spacial score (nSPS) is 11.2. The Bertz CT molecular complexity index is 1280. The number of aryl methyl sites for hydroxylation is 1. The third-order valence-corrected chi connectivity index (χ3v) is 5.29. The number of halogens is 1. The Balaban J connectivity index is 1.63. The summed E-state index contributed by atoms with van der Waals surface area (Å²) in [5, 5.41) is 7.79. The summed E-state index contributed by atoms with van der Waals surface area (Å²) in [5.74, 6) is 0.579. The van der Waals surface area contributed by atoms with Gasteiger partial charge in [-0.15, -0.1) is 10.2 Å². The summed E-state index contributed by atoms with van der Waals surface area (Å²) in [6, 6.07) is 20.4. The van der Waals surface area contributed by atoms with E-state index >= 15 is 0 Å². The topological polar surface area (TPSA) is 56.7 Å². The minimum atomic E-state index is 0.579. The second kappa shape index (κ2) is 6.73. The molecule has 5 nitrogen and oxygen atoms in total. The van der Waals surface area contributed by atoms with Gasteiger partial charge in [-0.25, -0.2) is 4.98 Å². The molecule has 0 bridgehead atoms. The quantitative estimate of drug-likeness (QED) is 0.362. The zero-order chi connectivity index (χ0) is 19.1. The first-order valence-corrected chi connectivity index (χ1v) is 9.60. The molecule has 0 fully saturated rings. The molecule has 0 aliphatic heterocycles. The van der Waals surface area contributed by atoms with E-state index in [2.05, 4.69) is 50.4 Å². The molecule has 0 aliphatic carbocycles. The summed E-state index contributed by atoms with van der Waals surface area (Å²) in [6.45, 7) is 2.05. The van der Waals surface area contributed by atoms with Gasteiger partial charge in [0.15, 0.2) is 5.58 Å². The maximum absolute atomic E-state index is 6.09. The average Bonchev–Trinajstić information content (AvgIpc) is 3.39. The van der Waals surface area contributed by atoms with Crippen LogP contribution in [0.2, 0.25) is 0 Å². The average molecular weight is 431 g/mol. The van der Waals surface area contributed by atoms with Crippen molar-refractivity contribution in [1.29, 1.82) is 0 Å². The van der Waals surface area contributed by atoms with Gasteiger partial charge < -0.3 is 4.42 Å². The van der Waals surface area contributed by atoms with Gasteiger partial charge in [0, 0.05) is 5.56 Å². The molecular weight excluding hydrogens is 416 g/mol. The Hall–Kier alpha value is -3.25. The van der Waals surface area contributed by atoms with Crippen LogP contribution in [-0.4, -0.2) is 19.7 Å². The highest BCUT2D eigenvalue weighted by molar-refractivity contribution is 9.10. The van der Waals surface area contributed by atoms with Crippen molar-refractivity contribution in [1.82, 2.24) is 19.7 Å². The number of aromatic nitrogens is 4. The van der Waals surface area contributed by atoms with E-state index in [9.17, 15) is 0 Å². The lowest BCUT2D eigenvalue weighted by molar-refractivity contribution is 0.618. The molecule has 0 spiro atoms. The van der Waals surface area contributed by atoms with Crippen molar-refractivity contribution in [2.45, 2.75) is 6.92 Å². The van der Waals surface area contributed by atoms with Gasteiger partial charge >= 0.3 is 0 Å². The smallest absolute Gasteiger partial charge is 0.227 e. The van der Waals surface area contributed by atoms with E-state index in [0.717, 1.165) is 43.5 Å². The van der Waals surface area contributed by atoms with Crippen LogP contribution in [0.15, 0.2) is 82.2 Å². The second-order valence-electron chi connectivity index (χ2n) is 6.56. The van der Waals surface area contributed by atoms with Gasteiger partial charge in [-0.1, -0.05) is 36.4 Å². The van der Waals surface area contributed by atoms with Crippen molar-refractivity contribution >= 4 is 27.0 Å². The van der Waals surface area contributed by atoms with Gasteiger partial charge in [-0.3, -0.25) is 4.57 Å². The highest BCUT2D eigenvalue weighted by Crippen LogP contribution is 2.34. The predicted octanol–water partition coefficient (Wildman–Crippen LogP) is 5.81. The summed E-state index contributed by atoms with van der Waals surface area (Å²) in [4.78, 5) is 4.74. The third kappa shape index (κ3) is 2.92. The zero-order valence-corrected chi connectivity index (χ0v) is 16.6. The van der Waals surface area contributed by atoms with Gasteiger partial charge in [0.2, 0.25) is 5.89 Å². The van der Waals surface area contributed by atoms with E-state index in [1.165, 1.54) is 0 Å². The van der Waals surface area contributed by atoms with Crippen molar-refractivity contribution in [2.75, 3.05) is 0 Å². The second-order valence-corrected chi connectivity index (χ2v) is 7.42. The fraction of sp³-hybridized carbons (Fsp3) is 0.0455. The molecule has 0 saturated carbocycles. The van der Waals surface area contributed by atoms with Gasteiger partial charge in [-0.05, 0) is 63.8 Å². The Morgan fingerprint density at radius 2 is 1.64 bits per heavy atom. The van der Waals surface area contributed by atoms with E-state index < -0.39 is 0 Å². The van der Waals surface area contributed by atoms with Crippen LogP contribution in [0.3, 0.4) is 0 Å². The van der Waals surface area contributed by atoms with Gasteiger partial charge in [0.25, 0.3) is 0 Å². The first-order valence-electron chi connectivity index (χ1n) is 8.80. The van der Waals surface area contributed by atoms with Crippen LogP contribution in [0.1, 0.15) is 5.56 Å². The maximum Gasteiger partial charge on any atom is 0.227 e. The number of rotatable bonds is 3. The van der Waals surface area contributed by atoms with E-state index in [4.69, 9.17) is 9.40 Å². The monoisotopic (exact) mass is 430 g/mol. The van der Waals surface area contributed by atoms with Gasteiger partial charge in [0.1, 0.15) is 18.2 Å². The number of hydrogen-bond donors (Lipinski definition) is 0. The van der Waals surface area contributed by atoms with Gasteiger partial charge in [-0.2, -0.15) is 0 Å². The van der Waals surface area contributed by atoms with Crippen molar-refractivity contribution in [2.24, 2.45) is 0 Å². The molecule has 136 valence electrons. The summed E-state index contributed by atoms with van der Waals surface area (Å²) >= 11 is 3.63. The number of oxazole rings is 1. The Morgan fingerprint density at radius 1 is 0.857 bits per heavy atom.